The summed E-state index contributed by atoms with van der Waals surface area (Å²) >= 11 is 0. The van der Waals surface area contributed by atoms with Crippen molar-refractivity contribution >= 4 is 5.97 Å². The van der Waals surface area contributed by atoms with Crippen LogP contribution >= 0.6 is 0 Å². The lowest BCUT2D eigenvalue weighted by Gasteiger charge is -2.28. The van der Waals surface area contributed by atoms with Gasteiger partial charge >= 0.3 is 5.97 Å². The number of hydrogen-bond donors (Lipinski definition) is 0. The first-order valence-electron chi connectivity index (χ1n) is 5.02. The minimum Gasteiger partial charge on any atom is -0.466 e. The van der Waals surface area contributed by atoms with E-state index in [2.05, 4.69) is 0 Å². The van der Waals surface area contributed by atoms with Gasteiger partial charge in [-0.3, -0.25) is 4.79 Å². The van der Waals surface area contributed by atoms with Crippen molar-refractivity contribution in [3.8, 4) is 0 Å². The Morgan fingerprint density at radius 1 is 1.54 bits per heavy atom. The highest BCUT2D eigenvalue weighted by Gasteiger charge is 2.26. The van der Waals surface area contributed by atoms with Crippen molar-refractivity contribution in [1.29, 1.82) is 0 Å². The van der Waals surface area contributed by atoms with Crippen LogP contribution in [0.15, 0.2) is 0 Å². The molecule has 0 radical (unpaired) electrons. The lowest BCUT2D eigenvalue weighted by atomic mass is 9.91. The summed E-state index contributed by atoms with van der Waals surface area (Å²) in [6, 6.07) is 0. The molecular formula is C10H18O3. The van der Waals surface area contributed by atoms with Crippen LogP contribution in [0.5, 0.6) is 0 Å². The average Bonchev–Trinajstić information content (AvgIpc) is 2.03. The molecule has 0 aromatic heterocycles. The molecule has 1 heterocycles. The largest absolute Gasteiger partial charge is 0.466 e. The maximum atomic E-state index is 11.4. The van der Waals surface area contributed by atoms with E-state index < -0.39 is 0 Å². The van der Waals surface area contributed by atoms with Crippen LogP contribution in [-0.4, -0.2) is 25.8 Å². The Morgan fingerprint density at radius 2 is 2.23 bits per heavy atom. The van der Waals surface area contributed by atoms with Crippen molar-refractivity contribution in [2.45, 2.75) is 26.7 Å². The topological polar surface area (TPSA) is 35.5 Å². The van der Waals surface area contributed by atoms with E-state index in [1.165, 1.54) is 0 Å². The second kappa shape index (κ2) is 5.22. The molecule has 1 atom stereocenters. The van der Waals surface area contributed by atoms with Crippen LogP contribution in [0, 0.1) is 11.8 Å². The van der Waals surface area contributed by atoms with E-state index >= 15 is 0 Å². The van der Waals surface area contributed by atoms with Gasteiger partial charge in [-0.15, -0.1) is 0 Å². The molecule has 1 aliphatic heterocycles. The summed E-state index contributed by atoms with van der Waals surface area (Å²) in [4.78, 5) is 11.4. The van der Waals surface area contributed by atoms with E-state index in [1.807, 2.05) is 13.8 Å². The summed E-state index contributed by atoms with van der Waals surface area (Å²) in [6.07, 6.45) is 1.80. The van der Waals surface area contributed by atoms with Gasteiger partial charge in [-0.25, -0.2) is 0 Å². The second-order valence-corrected chi connectivity index (χ2v) is 3.50. The van der Waals surface area contributed by atoms with Crippen LogP contribution in [-0.2, 0) is 14.3 Å². The van der Waals surface area contributed by atoms with Gasteiger partial charge in [-0.2, -0.15) is 0 Å². The fourth-order valence-corrected chi connectivity index (χ4v) is 1.51. The third-order valence-corrected chi connectivity index (χ3v) is 2.44. The monoisotopic (exact) mass is 186 g/mol. The van der Waals surface area contributed by atoms with Crippen molar-refractivity contribution in [1.82, 2.24) is 0 Å². The Balaban J connectivity index is 2.27. The fourth-order valence-electron chi connectivity index (χ4n) is 1.51. The summed E-state index contributed by atoms with van der Waals surface area (Å²) < 4.78 is 10.1. The minimum absolute atomic E-state index is 0.0445. The maximum absolute atomic E-state index is 11.4. The summed E-state index contributed by atoms with van der Waals surface area (Å²) in [7, 11) is 0. The third kappa shape index (κ3) is 2.99. The number of ether oxygens (including phenoxy) is 2. The summed E-state index contributed by atoms with van der Waals surface area (Å²) in [5.74, 6) is 0.611. The Morgan fingerprint density at radius 3 is 2.62 bits per heavy atom. The van der Waals surface area contributed by atoms with Crippen molar-refractivity contribution in [3.05, 3.63) is 0 Å². The van der Waals surface area contributed by atoms with Crippen molar-refractivity contribution < 1.29 is 14.3 Å². The molecule has 1 rings (SSSR count). The molecule has 0 aromatic carbocycles. The summed E-state index contributed by atoms with van der Waals surface area (Å²) in [6.45, 7) is 5.99. The molecule has 1 aliphatic rings. The molecular weight excluding hydrogens is 168 g/mol. The van der Waals surface area contributed by atoms with Gasteiger partial charge in [0.15, 0.2) is 0 Å². The standard InChI is InChI=1S/C10H18O3/c1-3-9(10(11)13-4-2)5-8-6-12-7-8/h8-9H,3-7H2,1-2H3. The van der Waals surface area contributed by atoms with Gasteiger partial charge in [0.2, 0.25) is 0 Å². The highest BCUT2D eigenvalue weighted by atomic mass is 16.5. The predicted octanol–water partition coefficient (Wildman–Crippen LogP) is 1.61. The first-order chi connectivity index (χ1) is 6.27. The van der Waals surface area contributed by atoms with E-state index in [-0.39, 0.29) is 11.9 Å². The van der Waals surface area contributed by atoms with Crippen molar-refractivity contribution in [2.75, 3.05) is 19.8 Å². The molecule has 1 fully saturated rings. The molecule has 0 aliphatic carbocycles. The number of hydrogen-bond acceptors (Lipinski definition) is 3. The van der Waals surface area contributed by atoms with Crippen LogP contribution in [0.3, 0.4) is 0 Å². The molecule has 1 unspecified atom stereocenters. The van der Waals surface area contributed by atoms with Gasteiger partial charge in [-0.05, 0) is 19.8 Å². The first-order valence-corrected chi connectivity index (χ1v) is 5.02. The molecule has 76 valence electrons. The summed E-state index contributed by atoms with van der Waals surface area (Å²) in [5.41, 5.74) is 0. The van der Waals surface area contributed by atoms with E-state index in [0.717, 1.165) is 26.1 Å². The number of esters is 1. The van der Waals surface area contributed by atoms with E-state index in [1.54, 1.807) is 0 Å². The molecule has 13 heavy (non-hydrogen) atoms. The van der Waals surface area contributed by atoms with E-state index in [4.69, 9.17) is 9.47 Å². The minimum atomic E-state index is -0.0445. The quantitative estimate of drug-likeness (QED) is 0.612. The lowest BCUT2D eigenvalue weighted by molar-refractivity contribution is -0.150. The molecule has 0 amide bonds. The normalized spacial score (nSPS) is 19.2. The third-order valence-electron chi connectivity index (χ3n) is 2.44. The van der Waals surface area contributed by atoms with E-state index in [0.29, 0.717) is 12.5 Å². The number of carbonyl (C=O) groups is 1. The summed E-state index contributed by atoms with van der Waals surface area (Å²) in [5, 5.41) is 0. The van der Waals surface area contributed by atoms with Crippen molar-refractivity contribution in [3.63, 3.8) is 0 Å². The number of carbonyl (C=O) groups excluding carboxylic acids is 1. The highest BCUT2D eigenvalue weighted by Crippen LogP contribution is 2.22. The fraction of sp³-hybridized carbons (Fsp3) is 0.900. The van der Waals surface area contributed by atoms with Crippen molar-refractivity contribution in [2.24, 2.45) is 11.8 Å². The van der Waals surface area contributed by atoms with Crippen LogP contribution in [0.25, 0.3) is 0 Å². The van der Waals surface area contributed by atoms with Gasteiger partial charge in [0.25, 0.3) is 0 Å². The Kier molecular flexibility index (Phi) is 4.22. The molecule has 0 bridgehead atoms. The molecule has 3 nitrogen and oxygen atoms in total. The Hall–Kier alpha value is -0.570. The Labute approximate surface area is 79.4 Å². The molecule has 3 heteroatoms. The zero-order chi connectivity index (χ0) is 9.68. The first kappa shape index (κ1) is 10.5. The zero-order valence-corrected chi connectivity index (χ0v) is 8.41. The van der Waals surface area contributed by atoms with E-state index in [9.17, 15) is 4.79 Å². The average molecular weight is 186 g/mol. The molecule has 0 aromatic rings. The SMILES string of the molecule is CCOC(=O)C(CC)CC1COC1. The van der Waals surface area contributed by atoms with Gasteiger partial charge in [0, 0.05) is 5.92 Å². The molecule has 0 spiro atoms. The highest BCUT2D eigenvalue weighted by molar-refractivity contribution is 5.72. The number of rotatable bonds is 5. The predicted molar refractivity (Wildman–Crippen MR) is 49.3 cm³/mol. The van der Waals surface area contributed by atoms with Crippen LogP contribution in [0.1, 0.15) is 26.7 Å². The second-order valence-electron chi connectivity index (χ2n) is 3.50. The van der Waals surface area contributed by atoms with Crippen LogP contribution in [0.4, 0.5) is 0 Å². The molecule has 1 saturated heterocycles. The van der Waals surface area contributed by atoms with Gasteiger partial charge in [0.1, 0.15) is 0 Å². The smallest absolute Gasteiger partial charge is 0.308 e. The Bertz CT molecular complexity index is 164. The van der Waals surface area contributed by atoms with Gasteiger partial charge < -0.3 is 9.47 Å². The lowest BCUT2D eigenvalue weighted by Crippen LogP contribution is -2.32. The van der Waals surface area contributed by atoms with Gasteiger partial charge in [-0.1, -0.05) is 6.92 Å². The zero-order valence-electron chi connectivity index (χ0n) is 8.41. The van der Waals surface area contributed by atoms with Crippen LogP contribution < -0.4 is 0 Å². The van der Waals surface area contributed by atoms with Crippen LogP contribution in [0.2, 0.25) is 0 Å². The molecule has 0 N–H and O–H groups in total. The molecule has 0 saturated carbocycles. The van der Waals surface area contributed by atoms with Gasteiger partial charge in [0.05, 0.1) is 25.7 Å². The maximum Gasteiger partial charge on any atom is 0.308 e.